The zero-order chi connectivity index (χ0) is 10.7. The lowest BCUT2D eigenvalue weighted by Gasteiger charge is -2.20. The third kappa shape index (κ3) is 2.31. The molecule has 0 saturated carbocycles. The van der Waals surface area contributed by atoms with Crippen molar-refractivity contribution < 1.29 is 10.2 Å². The highest BCUT2D eigenvalue weighted by molar-refractivity contribution is 7.29. The second-order valence-corrected chi connectivity index (χ2v) is 5.18. The summed E-state index contributed by atoms with van der Waals surface area (Å²) in [5.41, 5.74) is 0. The lowest BCUT2D eigenvalue weighted by Crippen LogP contribution is -2.28. The van der Waals surface area contributed by atoms with E-state index in [4.69, 9.17) is 10.2 Å². The van der Waals surface area contributed by atoms with Gasteiger partial charge in [0, 0.05) is 22.5 Å². The van der Waals surface area contributed by atoms with Crippen LogP contribution in [0.3, 0.4) is 0 Å². The molecule has 0 spiro atoms. The molecule has 0 radical (unpaired) electrons. The van der Waals surface area contributed by atoms with Crippen molar-refractivity contribution >= 4 is 37.1 Å². The van der Waals surface area contributed by atoms with Gasteiger partial charge in [0.1, 0.15) is 0 Å². The van der Waals surface area contributed by atoms with Gasteiger partial charge in [-0.2, -0.15) is 0 Å². The first-order valence-corrected chi connectivity index (χ1v) is 6.48. The Bertz CT molecular complexity index is 389. The molecule has 82 valence electrons. The number of thiophene rings is 2. The van der Waals surface area contributed by atoms with E-state index in [0.29, 0.717) is 13.1 Å². The van der Waals surface area contributed by atoms with Crippen LogP contribution >= 0.6 is 22.7 Å². The van der Waals surface area contributed by atoms with Crippen molar-refractivity contribution in [1.82, 2.24) is 0 Å². The minimum atomic E-state index is 0.117. The summed E-state index contributed by atoms with van der Waals surface area (Å²) in [6.45, 7) is 1.39. The van der Waals surface area contributed by atoms with E-state index in [-0.39, 0.29) is 13.2 Å². The van der Waals surface area contributed by atoms with E-state index in [1.54, 1.807) is 22.7 Å². The normalized spacial score (nSPS) is 11.1. The highest BCUT2D eigenvalue weighted by Gasteiger charge is 2.09. The molecule has 2 rings (SSSR count). The molecule has 0 atom stereocenters. The van der Waals surface area contributed by atoms with E-state index in [1.807, 2.05) is 4.90 Å². The first-order valence-electron chi connectivity index (χ1n) is 4.79. The van der Waals surface area contributed by atoms with Gasteiger partial charge in [-0.3, -0.25) is 0 Å². The van der Waals surface area contributed by atoms with Gasteiger partial charge in [0.2, 0.25) is 0 Å². The molecule has 2 aromatic heterocycles. The Balaban J connectivity index is 2.22. The maximum atomic E-state index is 8.93. The van der Waals surface area contributed by atoms with Crippen LogP contribution in [0.2, 0.25) is 0 Å². The minimum Gasteiger partial charge on any atom is -0.395 e. The van der Waals surface area contributed by atoms with Crippen LogP contribution in [0.15, 0.2) is 17.5 Å². The van der Waals surface area contributed by atoms with Crippen molar-refractivity contribution in [2.75, 3.05) is 31.2 Å². The fraction of sp³-hybridized carbons (Fsp3) is 0.400. The highest BCUT2D eigenvalue weighted by atomic mass is 32.1. The predicted octanol–water partition coefficient (Wildman–Crippen LogP) is 1.75. The maximum absolute atomic E-state index is 8.93. The van der Waals surface area contributed by atoms with Crippen LogP contribution in [-0.2, 0) is 0 Å². The zero-order valence-corrected chi connectivity index (χ0v) is 9.85. The third-order valence-corrected chi connectivity index (χ3v) is 4.33. The zero-order valence-electron chi connectivity index (χ0n) is 8.22. The predicted molar refractivity (Wildman–Crippen MR) is 66.1 cm³/mol. The van der Waals surface area contributed by atoms with Crippen LogP contribution in [0.5, 0.6) is 0 Å². The van der Waals surface area contributed by atoms with E-state index in [9.17, 15) is 0 Å². The second kappa shape index (κ2) is 4.94. The van der Waals surface area contributed by atoms with Gasteiger partial charge in [0.05, 0.1) is 18.2 Å². The number of aliphatic hydroxyl groups is 2. The van der Waals surface area contributed by atoms with E-state index in [2.05, 4.69) is 17.5 Å². The van der Waals surface area contributed by atoms with Crippen molar-refractivity contribution in [2.45, 2.75) is 0 Å². The maximum Gasteiger partial charge on any atom is 0.0931 e. The summed E-state index contributed by atoms with van der Waals surface area (Å²) in [5, 5.41) is 21.1. The number of hydrogen-bond donors (Lipinski definition) is 2. The molecule has 2 aromatic rings. The van der Waals surface area contributed by atoms with Crippen molar-refractivity contribution in [1.29, 1.82) is 0 Å². The summed E-state index contributed by atoms with van der Waals surface area (Å²) in [6, 6.07) is 4.22. The van der Waals surface area contributed by atoms with Gasteiger partial charge < -0.3 is 15.1 Å². The first kappa shape index (κ1) is 10.9. The van der Waals surface area contributed by atoms with E-state index < -0.39 is 0 Å². The molecule has 2 heterocycles. The molecule has 2 N–H and O–H groups in total. The van der Waals surface area contributed by atoms with Gasteiger partial charge in [0.15, 0.2) is 0 Å². The third-order valence-electron chi connectivity index (χ3n) is 2.18. The summed E-state index contributed by atoms with van der Waals surface area (Å²) in [5.74, 6) is 0. The number of hydrogen-bond acceptors (Lipinski definition) is 5. The van der Waals surface area contributed by atoms with Crippen molar-refractivity contribution in [3.8, 4) is 0 Å². The van der Waals surface area contributed by atoms with Crippen LogP contribution in [0.25, 0.3) is 9.40 Å². The Kier molecular flexibility index (Phi) is 3.58. The van der Waals surface area contributed by atoms with Gasteiger partial charge >= 0.3 is 0 Å². The molecular formula is C10H13NO2S2. The lowest BCUT2D eigenvalue weighted by molar-refractivity contribution is 0.281. The smallest absolute Gasteiger partial charge is 0.0931 e. The molecule has 0 amide bonds. The number of aliphatic hydroxyl groups excluding tert-OH is 2. The minimum absolute atomic E-state index is 0.117. The van der Waals surface area contributed by atoms with Gasteiger partial charge in [-0.25, -0.2) is 0 Å². The molecular weight excluding hydrogens is 230 g/mol. The van der Waals surface area contributed by atoms with Crippen molar-refractivity contribution in [3.05, 3.63) is 17.5 Å². The summed E-state index contributed by atoms with van der Waals surface area (Å²) < 4.78 is 2.55. The average molecular weight is 243 g/mol. The highest BCUT2D eigenvalue weighted by Crippen LogP contribution is 2.35. The van der Waals surface area contributed by atoms with Gasteiger partial charge in [-0.05, 0) is 17.5 Å². The molecule has 0 fully saturated rings. The number of anilines is 1. The van der Waals surface area contributed by atoms with Crippen LogP contribution in [-0.4, -0.2) is 36.5 Å². The fourth-order valence-electron chi connectivity index (χ4n) is 1.48. The molecule has 3 nitrogen and oxygen atoms in total. The molecule has 0 bridgehead atoms. The fourth-order valence-corrected chi connectivity index (χ4v) is 3.64. The quantitative estimate of drug-likeness (QED) is 0.841. The van der Waals surface area contributed by atoms with Crippen LogP contribution in [0.4, 0.5) is 5.00 Å². The summed E-state index contributed by atoms with van der Waals surface area (Å²) >= 11 is 3.43. The monoisotopic (exact) mass is 243 g/mol. The first-order chi connectivity index (χ1) is 7.35. The molecule has 0 aliphatic rings. The van der Waals surface area contributed by atoms with E-state index in [0.717, 1.165) is 5.00 Å². The standard InChI is InChI=1S/C10H13NO2S2/c12-4-2-11(3-5-13)10-7-9-8(15-10)1-6-14-9/h1,6-7,12-13H,2-5H2. The Hall–Kier alpha value is -0.620. The number of rotatable bonds is 5. The van der Waals surface area contributed by atoms with E-state index >= 15 is 0 Å². The average Bonchev–Trinajstić information content (AvgIpc) is 2.76. The van der Waals surface area contributed by atoms with Crippen molar-refractivity contribution in [2.24, 2.45) is 0 Å². The number of nitrogens with zero attached hydrogens (tertiary/aromatic N) is 1. The molecule has 0 aliphatic carbocycles. The van der Waals surface area contributed by atoms with Crippen molar-refractivity contribution in [3.63, 3.8) is 0 Å². The molecule has 0 aromatic carbocycles. The summed E-state index contributed by atoms with van der Waals surface area (Å²) in [6.07, 6.45) is 0. The van der Waals surface area contributed by atoms with Gasteiger partial charge in [-0.15, -0.1) is 22.7 Å². The van der Waals surface area contributed by atoms with Gasteiger partial charge in [-0.1, -0.05) is 0 Å². The van der Waals surface area contributed by atoms with Crippen LogP contribution in [0.1, 0.15) is 0 Å². The van der Waals surface area contributed by atoms with Crippen LogP contribution < -0.4 is 4.90 Å². The molecule has 15 heavy (non-hydrogen) atoms. The number of fused-ring (bicyclic) bond motifs is 1. The topological polar surface area (TPSA) is 43.7 Å². The molecule has 0 aliphatic heterocycles. The molecule has 0 unspecified atom stereocenters. The lowest BCUT2D eigenvalue weighted by atomic mass is 10.4. The molecule has 0 saturated heterocycles. The largest absolute Gasteiger partial charge is 0.395 e. The second-order valence-electron chi connectivity index (χ2n) is 3.17. The Morgan fingerprint density at radius 3 is 2.47 bits per heavy atom. The Morgan fingerprint density at radius 1 is 1.13 bits per heavy atom. The van der Waals surface area contributed by atoms with Gasteiger partial charge in [0.25, 0.3) is 0 Å². The van der Waals surface area contributed by atoms with E-state index in [1.165, 1.54) is 9.40 Å². The summed E-state index contributed by atoms with van der Waals surface area (Å²) in [7, 11) is 0. The van der Waals surface area contributed by atoms with Crippen LogP contribution in [0, 0.1) is 0 Å². The molecule has 5 heteroatoms. The Labute approximate surface area is 96.2 Å². The summed E-state index contributed by atoms with van der Waals surface area (Å²) in [4.78, 5) is 2.01. The SMILES string of the molecule is OCCN(CCO)c1cc2sccc2s1. The Morgan fingerprint density at radius 2 is 1.87 bits per heavy atom.